The number of aromatic amines is 1. The van der Waals surface area contributed by atoms with Gasteiger partial charge in [-0.15, -0.1) is 0 Å². The van der Waals surface area contributed by atoms with Gasteiger partial charge in [0.1, 0.15) is 0 Å². The van der Waals surface area contributed by atoms with Crippen LogP contribution in [0, 0.1) is 11.6 Å². The molecule has 2 aromatic carbocycles. The molecule has 22 heavy (non-hydrogen) atoms. The third kappa shape index (κ3) is 2.95. The molecule has 1 heterocycles. The molecule has 112 valence electrons. The van der Waals surface area contributed by atoms with Crippen molar-refractivity contribution in [3.05, 3.63) is 59.8 Å². The van der Waals surface area contributed by atoms with Gasteiger partial charge in [-0.25, -0.2) is 8.78 Å². The first-order valence-electron chi connectivity index (χ1n) is 6.79. The maximum atomic E-state index is 13.1. The summed E-state index contributed by atoms with van der Waals surface area (Å²) in [5.74, 6) is -1.99. The lowest BCUT2D eigenvalue weighted by Crippen LogP contribution is -2.12. The number of para-hydroxylation sites is 1. The Morgan fingerprint density at radius 2 is 2.05 bits per heavy atom. The second-order valence-electron chi connectivity index (χ2n) is 4.94. The number of nitrogens with one attached hydrogen (secondary N) is 2. The van der Waals surface area contributed by atoms with Gasteiger partial charge in [0, 0.05) is 11.8 Å². The van der Waals surface area contributed by atoms with Crippen molar-refractivity contribution in [1.82, 2.24) is 10.2 Å². The van der Waals surface area contributed by atoms with Crippen LogP contribution in [0.4, 0.5) is 14.5 Å². The van der Waals surface area contributed by atoms with E-state index in [9.17, 15) is 13.6 Å². The minimum absolute atomic E-state index is 0.176. The molecule has 3 rings (SSSR count). The molecule has 0 aliphatic rings. The molecule has 1 aromatic heterocycles. The van der Waals surface area contributed by atoms with Gasteiger partial charge >= 0.3 is 0 Å². The van der Waals surface area contributed by atoms with Crippen molar-refractivity contribution in [3.8, 4) is 0 Å². The van der Waals surface area contributed by atoms with Gasteiger partial charge in [-0.05, 0) is 30.2 Å². The summed E-state index contributed by atoms with van der Waals surface area (Å²) in [5.41, 5.74) is 1.97. The third-order valence-electron chi connectivity index (χ3n) is 3.38. The normalized spacial score (nSPS) is 10.8. The number of H-pyrrole nitrogens is 1. The van der Waals surface area contributed by atoms with Crippen molar-refractivity contribution in [1.29, 1.82) is 0 Å². The monoisotopic (exact) mass is 301 g/mol. The summed E-state index contributed by atoms with van der Waals surface area (Å²) in [7, 11) is 0. The Morgan fingerprint density at radius 3 is 2.86 bits per heavy atom. The molecular weight excluding hydrogens is 288 g/mol. The smallest absolute Gasteiger partial charge is 0.224 e. The van der Waals surface area contributed by atoms with E-state index in [1.807, 2.05) is 12.1 Å². The van der Waals surface area contributed by atoms with Crippen molar-refractivity contribution in [2.45, 2.75) is 12.8 Å². The first kappa shape index (κ1) is 14.2. The zero-order chi connectivity index (χ0) is 15.5. The van der Waals surface area contributed by atoms with Crippen molar-refractivity contribution < 1.29 is 13.6 Å². The van der Waals surface area contributed by atoms with Crippen molar-refractivity contribution >= 4 is 22.5 Å². The van der Waals surface area contributed by atoms with Crippen LogP contribution in [0.3, 0.4) is 0 Å². The number of aromatic nitrogens is 2. The molecule has 0 aliphatic carbocycles. The van der Waals surface area contributed by atoms with E-state index in [1.54, 1.807) is 12.3 Å². The number of anilines is 1. The van der Waals surface area contributed by atoms with E-state index in [-0.39, 0.29) is 12.3 Å². The van der Waals surface area contributed by atoms with Crippen molar-refractivity contribution in [2.75, 3.05) is 5.32 Å². The summed E-state index contributed by atoms with van der Waals surface area (Å²) in [5, 5.41) is 10.4. The minimum Gasteiger partial charge on any atom is -0.324 e. The number of halogens is 2. The number of hydrogen-bond donors (Lipinski definition) is 2. The number of hydrogen-bond acceptors (Lipinski definition) is 2. The van der Waals surface area contributed by atoms with Gasteiger partial charge in [0.05, 0.1) is 17.4 Å². The zero-order valence-corrected chi connectivity index (χ0v) is 11.6. The lowest BCUT2D eigenvalue weighted by Gasteiger charge is -2.06. The van der Waals surface area contributed by atoms with Gasteiger partial charge in [-0.2, -0.15) is 5.10 Å². The summed E-state index contributed by atoms with van der Waals surface area (Å²) in [6.07, 6.45) is 2.18. The third-order valence-corrected chi connectivity index (χ3v) is 3.38. The van der Waals surface area contributed by atoms with Gasteiger partial charge in [0.15, 0.2) is 11.6 Å². The van der Waals surface area contributed by atoms with Crippen LogP contribution in [0.2, 0.25) is 0 Å². The molecule has 0 unspecified atom stereocenters. The number of amides is 1. The Hall–Kier alpha value is -2.76. The Labute approximate surface area is 125 Å². The summed E-state index contributed by atoms with van der Waals surface area (Å²) >= 11 is 0. The van der Waals surface area contributed by atoms with Crippen LogP contribution in [-0.4, -0.2) is 16.1 Å². The second kappa shape index (κ2) is 5.93. The van der Waals surface area contributed by atoms with E-state index >= 15 is 0 Å². The van der Waals surface area contributed by atoms with Crippen molar-refractivity contribution in [3.63, 3.8) is 0 Å². The number of rotatable bonds is 4. The van der Waals surface area contributed by atoms with E-state index < -0.39 is 11.6 Å². The first-order valence-corrected chi connectivity index (χ1v) is 6.79. The highest BCUT2D eigenvalue weighted by atomic mass is 19.2. The molecule has 0 saturated carbocycles. The van der Waals surface area contributed by atoms with E-state index in [1.165, 1.54) is 6.07 Å². The largest absolute Gasteiger partial charge is 0.324 e. The minimum atomic E-state index is -0.903. The second-order valence-corrected chi connectivity index (χ2v) is 4.94. The van der Waals surface area contributed by atoms with Gasteiger partial charge in [0.25, 0.3) is 0 Å². The zero-order valence-electron chi connectivity index (χ0n) is 11.6. The summed E-state index contributed by atoms with van der Waals surface area (Å²) in [6, 6.07) is 9.13. The van der Waals surface area contributed by atoms with Crippen LogP contribution in [0.5, 0.6) is 0 Å². The molecule has 0 atom stereocenters. The lowest BCUT2D eigenvalue weighted by molar-refractivity contribution is -0.116. The van der Waals surface area contributed by atoms with Crippen LogP contribution in [0.25, 0.3) is 10.9 Å². The average molecular weight is 301 g/mol. The van der Waals surface area contributed by atoms with Crippen molar-refractivity contribution in [2.24, 2.45) is 0 Å². The first-order chi connectivity index (χ1) is 10.6. The average Bonchev–Trinajstić information content (AvgIpc) is 2.98. The lowest BCUT2D eigenvalue weighted by atomic mass is 10.1. The van der Waals surface area contributed by atoms with Gasteiger partial charge in [-0.1, -0.05) is 18.2 Å². The Morgan fingerprint density at radius 1 is 1.18 bits per heavy atom. The maximum Gasteiger partial charge on any atom is 0.224 e. The number of fused-ring (bicyclic) bond motifs is 1. The maximum absolute atomic E-state index is 13.1. The van der Waals surface area contributed by atoms with E-state index in [0.29, 0.717) is 17.7 Å². The topological polar surface area (TPSA) is 57.8 Å². The standard InChI is InChI=1S/C16H13F2N3O/c17-12-6-4-10(8-13(12)18)5-7-15(22)20-14-3-1-2-11-9-19-21-16(11)14/h1-4,6,8-9H,5,7H2,(H,19,21)(H,20,22). The molecule has 0 aliphatic heterocycles. The molecule has 0 radical (unpaired) electrons. The molecule has 2 N–H and O–H groups in total. The SMILES string of the molecule is O=C(CCc1ccc(F)c(F)c1)Nc1cccc2cn[nH]c12. The fraction of sp³-hybridized carbons (Fsp3) is 0.125. The number of benzene rings is 2. The quantitative estimate of drug-likeness (QED) is 0.776. The molecule has 4 nitrogen and oxygen atoms in total. The molecule has 0 spiro atoms. The van der Waals surface area contributed by atoms with E-state index in [4.69, 9.17) is 0 Å². The Balaban J connectivity index is 1.65. The van der Waals surface area contributed by atoms with Crippen LogP contribution in [0.1, 0.15) is 12.0 Å². The molecule has 0 bridgehead atoms. The highest BCUT2D eigenvalue weighted by Gasteiger charge is 2.08. The molecule has 6 heteroatoms. The van der Waals surface area contributed by atoms with Crippen LogP contribution >= 0.6 is 0 Å². The Kier molecular flexibility index (Phi) is 3.82. The molecule has 0 saturated heterocycles. The number of aryl methyl sites for hydroxylation is 1. The number of nitrogens with zero attached hydrogens (tertiary/aromatic N) is 1. The molecule has 0 fully saturated rings. The van der Waals surface area contributed by atoms with E-state index in [0.717, 1.165) is 23.0 Å². The molecule has 3 aromatic rings. The highest BCUT2D eigenvalue weighted by molar-refractivity contribution is 6.00. The Bertz CT molecular complexity index is 829. The van der Waals surface area contributed by atoms with Gasteiger partial charge in [0.2, 0.25) is 5.91 Å². The summed E-state index contributed by atoms with van der Waals surface area (Å²) in [4.78, 5) is 12.0. The number of carbonyl (C=O) groups excluding carboxylic acids is 1. The predicted octanol–water partition coefficient (Wildman–Crippen LogP) is 3.41. The fourth-order valence-electron chi connectivity index (χ4n) is 2.24. The van der Waals surface area contributed by atoms with E-state index in [2.05, 4.69) is 15.5 Å². The predicted molar refractivity (Wildman–Crippen MR) is 79.4 cm³/mol. The molecular formula is C16H13F2N3O. The fourth-order valence-corrected chi connectivity index (χ4v) is 2.24. The summed E-state index contributed by atoms with van der Waals surface area (Å²) < 4.78 is 25.9. The van der Waals surface area contributed by atoms with Gasteiger partial charge < -0.3 is 5.32 Å². The summed E-state index contributed by atoms with van der Waals surface area (Å²) in [6.45, 7) is 0. The molecule has 1 amide bonds. The highest BCUT2D eigenvalue weighted by Crippen LogP contribution is 2.20. The van der Waals surface area contributed by atoms with Gasteiger partial charge in [-0.3, -0.25) is 9.89 Å². The number of carbonyl (C=O) groups is 1. The van der Waals surface area contributed by atoms with Crippen LogP contribution in [-0.2, 0) is 11.2 Å². The van der Waals surface area contributed by atoms with Crippen LogP contribution < -0.4 is 5.32 Å². The van der Waals surface area contributed by atoms with Crippen LogP contribution in [0.15, 0.2) is 42.6 Å².